The Labute approximate surface area is 236 Å². The molecule has 1 unspecified atom stereocenters. The number of aliphatic hydroxyl groups is 1. The summed E-state index contributed by atoms with van der Waals surface area (Å²) < 4.78 is 53.4. The first-order valence-corrected chi connectivity index (χ1v) is 14.4. The van der Waals surface area contributed by atoms with Gasteiger partial charge in [-0.2, -0.15) is 15.1 Å². The molecular formula is C25H35FN7O7P. The second-order valence-corrected chi connectivity index (χ2v) is 12.0. The molecule has 1 aliphatic rings. The van der Waals surface area contributed by atoms with Crippen molar-refractivity contribution in [2.24, 2.45) is 0 Å². The van der Waals surface area contributed by atoms with Gasteiger partial charge in [-0.25, -0.2) is 13.9 Å². The minimum atomic E-state index is -4.28. The number of hydrogen-bond donors (Lipinski definition) is 3. The van der Waals surface area contributed by atoms with Crippen LogP contribution in [0.5, 0.6) is 5.75 Å². The number of alkyl halides is 1. The van der Waals surface area contributed by atoms with Crippen LogP contribution >= 0.6 is 7.75 Å². The number of esters is 1. The zero-order chi connectivity index (χ0) is 30.1. The fourth-order valence-corrected chi connectivity index (χ4v) is 5.76. The number of carbonyl (C=O) groups excluding carboxylic acids is 1. The third-order valence-corrected chi connectivity index (χ3v) is 7.89. The molecule has 6 atom stereocenters. The van der Waals surface area contributed by atoms with E-state index in [1.165, 1.54) is 17.8 Å². The van der Waals surface area contributed by atoms with Crippen LogP contribution in [-0.4, -0.2) is 81.3 Å². The van der Waals surface area contributed by atoms with Crippen molar-refractivity contribution in [2.45, 2.75) is 63.9 Å². The highest BCUT2D eigenvalue weighted by atomic mass is 31.2. The van der Waals surface area contributed by atoms with E-state index in [0.717, 1.165) is 6.92 Å². The molecule has 0 spiro atoms. The summed E-state index contributed by atoms with van der Waals surface area (Å²) >= 11 is 0. The van der Waals surface area contributed by atoms with Crippen molar-refractivity contribution < 1.29 is 37.4 Å². The van der Waals surface area contributed by atoms with Gasteiger partial charge in [-0.15, -0.1) is 0 Å². The van der Waals surface area contributed by atoms with Crippen molar-refractivity contribution in [1.82, 2.24) is 24.6 Å². The van der Waals surface area contributed by atoms with E-state index in [2.05, 4.69) is 20.0 Å². The summed E-state index contributed by atoms with van der Waals surface area (Å²) in [5, 5.41) is 13.5. The molecule has 16 heteroatoms. The summed E-state index contributed by atoms with van der Waals surface area (Å²) in [6, 6.07) is 7.06. The Morgan fingerprint density at radius 3 is 2.61 bits per heavy atom. The van der Waals surface area contributed by atoms with Crippen LogP contribution in [-0.2, 0) is 23.4 Å². The number of nitrogens with one attached hydrogen (secondary N) is 1. The minimum absolute atomic E-state index is 0.0582. The number of hydrogen-bond acceptors (Lipinski definition) is 12. The lowest BCUT2D eigenvalue weighted by Gasteiger charge is -2.25. The van der Waals surface area contributed by atoms with Crippen LogP contribution < -0.4 is 20.2 Å². The van der Waals surface area contributed by atoms with Crippen LogP contribution in [0.4, 0.5) is 16.2 Å². The van der Waals surface area contributed by atoms with E-state index in [-0.39, 0.29) is 17.3 Å². The molecule has 224 valence electrons. The van der Waals surface area contributed by atoms with E-state index >= 15 is 4.39 Å². The molecule has 0 amide bonds. The predicted molar refractivity (Wildman–Crippen MR) is 148 cm³/mol. The van der Waals surface area contributed by atoms with E-state index in [0.29, 0.717) is 11.3 Å². The molecular weight excluding hydrogens is 560 g/mol. The lowest BCUT2D eigenvalue weighted by molar-refractivity contribution is -0.149. The molecule has 3 heterocycles. The molecule has 0 radical (unpaired) electrons. The fourth-order valence-electron chi connectivity index (χ4n) is 4.26. The molecule has 4 rings (SSSR count). The minimum Gasteiger partial charge on any atom is -0.462 e. The van der Waals surface area contributed by atoms with E-state index in [4.69, 9.17) is 24.3 Å². The standard InChI is InChI=1S/C25H35FN7O7P/c1-14(2)38-22(35)15(3)31-41(36,40-16-10-8-7-9-11-16)37-12-17-19(34)25(4,26)23(39-17)33-13-28-18-20(32(5)6)29-24(27)30-21(18)33/h7-11,13-15,17,19,23,34H,12H2,1-6H3,(H,31,36)(H2,27,29,30)/t15-,17?,19+,23+,25+,41+/m0/s1. The van der Waals surface area contributed by atoms with Crippen LogP contribution in [0.25, 0.3) is 11.2 Å². The molecule has 1 aromatic carbocycles. The summed E-state index contributed by atoms with van der Waals surface area (Å²) in [7, 11) is -0.793. The largest absolute Gasteiger partial charge is 0.462 e. The van der Waals surface area contributed by atoms with Crippen LogP contribution in [0.3, 0.4) is 0 Å². The van der Waals surface area contributed by atoms with E-state index in [9.17, 15) is 14.5 Å². The number of nitrogens with two attached hydrogens (primary N) is 1. The third kappa shape index (κ3) is 6.60. The maximum atomic E-state index is 16.0. The van der Waals surface area contributed by atoms with Gasteiger partial charge in [0.25, 0.3) is 0 Å². The molecule has 0 saturated carbocycles. The number of aromatic nitrogens is 4. The fraction of sp³-hybridized carbons (Fsp3) is 0.520. The average molecular weight is 596 g/mol. The molecule has 1 saturated heterocycles. The molecule has 0 bridgehead atoms. The van der Waals surface area contributed by atoms with Gasteiger partial charge in [0.2, 0.25) is 5.95 Å². The quantitative estimate of drug-likeness (QED) is 0.218. The first-order valence-electron chi connectivity index (χ1n) is 12.9. The zero-order valence-corrected chi connectivity index (χ0v) is 24.5. The monoisotopic (exact) mass is 595 g/mol. The highest BCUT2D eigenvalue weighted by Gasteiger charge is 2.56. The average Bonchev–Trinajstić information content (AvgIpc) is 3.40. The highest BCUT2D eigenvalue weighted by Crippen LogP contribution is 2.48. The molecule has 3 aromatic rings. The number of nitrogens with zero attached hydrogens (tertiary/aromatic N) is 5. The molecule has 2 aromatic heterocycles. The zero-order valence-electron chi connectivity index (χ0n) is 23.6. The smallest absolute Gasteiger partial charge is 0.459 e. The molecule has 0 aliphatic carbocycles. The Kier molecular flexibility index (Phi) is 8.85. The molecule has 14 nitrogen and oxygen atoms in total. The third-order valence-electron chi connectivity index (χ3n) is 6.25. The number of imidazole rings is 1. The van der Waals surface area contributed by atoms with Crippen molar-refractivity contribution in [3.8, 4) is 5.75 Å². The van der Waals surface area contributed by atoms with Gasteiger partial charge in [0.15, 0.2) is 28.9 Å². The maximum absolute atomic E-state index is 16.0. The van der Waals surface area contributed by atoms with Gasteiger partial charge >= 0.3 is 13.7 Å². The summed E-state index contributed by atoms with van der Waals surface area (Å²) in [4.78, 5) is 26.8. The second kappa shape index (κ2) is 11.9. The molecule has 1 aliphatic heterocycles. The highest BCUT2D eigenvalue weighted by molar-refractivity contribution is 7.52. The van der Waals surface area contributed by atoms with Gasteiger partial charge in [-0.3, -0.25) is 13.9 Å². The number of para-hydroxylation sites is 1. The number of benzene rings is 1. The van der Waals surface area contributed by atoms with Crippen LogP contribution in [0, 0.1) is 0 Å². The molecule has 41 heavy (non-hydrogen) atoms. The molecule has 1 fully saturated rings. The Hall–Kier alpha value is -3.36. The van der Waals surface area contributed by atoms with Crippen molar-refractivity contribution in [3.05, 3.63) is 36.7 Å². The second-order valence-electron chi connectivity index (χ2n) is 10.3. The Bertz CT molecular complexity index is 1420. The number of nitrogen functional groups attached to an aromatic ring is 1. The van der Waals surface area contributed by atoms with Gasteiger partial charge in [0.05, 0.1) is 19.0 Å². The lowest BCUT2D eigenvalue weighted by Crippen LogP contribution is -2.41. The first kappa shape index (κ1) is 30.6. The SMILES string of the molecule is CC(C)OC(=O)[C@H](C)N[P@@](=O)(OCC1O[C@@H](n2cnc3c(N(C)C)nc(N)nc32)[C@](C)(F)[C@@H]1O)Oc1ccccc1. The van der Waals surface area contributed by atoms with Gasteiger partial charge in [-0.05, 0) is 39.8 Å². The van der Waals surface area contributed by atoms with Crippen molar-refractivity contribution >= 4 is 36.6 Å². The van der Waals surface area contributed by atoms with E-state index in [1.807, 2.05) is 0 Å². The van der Waals surface area contributed by atoms with Crippen LogP contribution in [0.15, 0.2) is 36.7 Å². The summed E-state index contributed by atoms with van der Waals surface area (Å²) in [5.41, 5.74) is 4.07. The number of carbonyl (C=O) groups is 1. The Balaban J connectivity index is 1.57. The Morgan fingerprint density at radius 1 is 1.29 bits per heavy atom. The first-order chi connectivity index (χ1) is 19.2. The maximum Gasteiger partial charge on any atom is 0.459 e. The van der Waals surface area contributed by atoms with Crippen LogP contribution in [0.2, 0.25) is 0 Å². The van der Waals surface area contributed by atoms with Crippen molar-refractivity contribution in [1.29, 1.82) is 0 Å². The number of rotatable bonds is 11. The number of anilines is 2. The molecule has 4 N–H and O–H groups in total. The van der Waals surface area contributed by atoms with Gasteiger partial charge in [0, 0.05) is 14.1 Å². The summed E-state index contributed by atoms with van der Waals surface area (Å²) in [6.45, 7) is 5.39. The van der Waals surface area contributed by atoms with Crippen LogP contribution in [0.1, 0.15) is 33.9 Å². The lowest BCUT2D eigenvalue weighted by atomic mass is 9.98. The van der Waals surface area contributed by atoms with E-state index < -0.39 is 56.6 Å². The number of aliphatic hydroxyl groups excluding tert-OH is 1. The van der Waals surface area contributed by atoms with Gasteiger partial charge < -0.3 is 29.7 Å². The topological polar surface area (TPSA) is 176 Å². The number of ether oxygens (including phenoxy) is 2. The van der Waals surface area contributed by atoms with Crippen molar-refractivity contribution in [3.63, 3.8) is 0 Å². The normalized spacial score (nSPS) is 24.8. The van der Waals surface area contributed by atoms with Gasteiger partial charge in [0.1, 0.15) is 24.0 Å². The van der Waals surface area contributed by atoms with Crippen molar-refractivity contribution in [2.75, 3.05) is 31.3 Å². The summed E-state index contributed by atoms with van der Waals surface area (Å²) in [6.07, 6.45) is -3.50. The van der Waals surface area contributed by atoms with E-state index in [1.54, 1.807) is 63.2 Å². The number of fused-ring (bicyclic) bond motifs is 1. The predicted octanol–water partition coefficient (Wildman–Crippen LogP) is 2.59. The number of halogens is 1. The Morgan fingerprint density at radius 2 is 1.98 bits per heavy atom. The summed E-state index contributed by atoms with van der Waals surface area (Å²) in [5.74, 6) is -0.135. The van der Waals surface area contributed by atoms with Gasteiger partial charge in [-0.1, -0.05) is 18.2 Å².